The van der Waals surface area contributed by atoms with E-state index < -0.39 is 0 Å². The molecule has 1 aromatic heterocycles. The first kappa shape index (κ1) is 15.3. The lowest BCUT2D eigenvalue weighted by atomic mass is 10.0. The summed E-state index contributed by atoms with van der Waals surface area (Å²) in [7, 11) is 0. The van der Waals surface area contributed by atoms with Crippen LogP contribution in [0.15, 0.2) is 18.2 Å². The lowest BCUT2D eigenvalue weighted by Crippen LogP contribution is -2.24. The Balaban J connectivity index is 1.55. The van der Waals surface area contributed by atoms with Crippen molar-refractivity contribution in [3.63, 3.8) is 0 Å². The van der Waals surface area contributed by atoms with Crippen LogP contribution in [-0.4, -0.2) is 21.4 Å². The molecular weight excluding hydrogens is 303 g/mol. The Morgan fingerprint density at radius 1 is 1.29 bits per heavy atom. The third kappa shape index (κ3) is 2.83. The van der Waals surface area contributed by atoms with Gasteiger partial charge in [-0.1, -0.05) is 6.07 Å². The lowest BCUT2D eigenvalue weighted by molar-refractivity contribution is 0.237. The van der Waals surface area contributed by atoms with Gasteiger partial charge in [-0.15, -0.1) is 0 Å². The maximum Gasteiger partial charge on any atom is 0.129 e. The monoisotopic (exact) mass is 324 g/mol. The topological polar surface area (TPSA) is 55.7 Å². The van der Waals surface area contributed by atoms with Gasteiger partial charge in [0, 0.05) is 17.8 Å². The predicted molar refractivity (Wildman–Crippen MR) is 88.7 cm³/mol. The zero-order chi connectivity index (χ0) is 16.5. The van der Waals surface area contributed by atoms with E-state index in [1.807, 2.05) is 6.07 Å². The Morgan fingerprint density at radius 3 is 2.96 bits per heavy atom. The average Bonchev–Trinajstić information content (AvgIpc) is 3.22. The molecule has 124 valence electrons. The van der Waals surface area contributed by atoms with Gasteiger partial charge < -0.3 is 4.98 Å². The molecule has 0 unspecified atom stereocenters. The molecule has 2 heterocycles. The molecule has 1 aliphatic carbocycles. The number of aromatic amines is 1. The van der Waals surface area contributed by atoms with E-state index >= 15 is 0 Å². The van der Waals surface area contributed by atoms with Crippen LogP contribution in [0, 0.1) is 17.1 Å². The number of rotatable bonds is 3. The highest BCUT2D eigenvalue weighted by atomic mass is 19.1. The van der Waals surface area contributed by atoms with E-state index in [1.165, 1.54) is 30.3 Å². The summed E-state index contributed by atoms with van der Waals surface area (Å²) in [4.78, 5) is 10.7. The normalized spacial score (nSPS) is 20.8. The molecule has 24 heavy (non-hydrogen) atoms. The van der Waals surface area contributed by atoms with Crippen molar-refractivity contribution < 1.29 is 4.39 Å². The Kier molecular flexibility index (Phi) is 4.07. The van der Waals surface area contributed by atoms with E-state index in [4.69, 9.17) is 10.2 Å². The highest BCUT2D eigenvalue weighted by Crippen LogP contribution is 2.33. The van der Waals surface area contributed by atoms with E-state index in [1.54, 1.807) is 12.1 Å². The fourth-order valence-corrected chi connectivity index (χ4v) is 3.92. The van der Waals surface area contributed by atoms with Crippen LogP contribution in [0.5, 0.6) is 0 Å². The first-order valence-corrected chi connectivity index (χ1v) is 8.75. The van der Waals surface area contributed by atoms with Crippen molar-refractivity contribution in [2.24, 2.45) is 0 Å². The molecule has 2 aliphatic rings. The molecule has 0 saturated carbocycles. The number of imidazole rings is 1. The minimum Gasteiger partial charge on any atom is -0.344 e. The molecule has 2 aromatic rings. The molecule has 1 saturated heterocycles. The fraction of sp³-hybridized carbons (Fsp3) is 0.474. The minimum atomic E-state index is -0.293. The van der Waals surface area contributed by atoms with Crippen LogP contribution in [-0.2, 0) is 19.4 Å². The van der Waals surface area contributed by atoms with E-state index in [-0.39, 0.29) is 11.9 Å². The maximum atomic E-state index is 14.2. The van der Waals surface area contributed by atoms with Crippen molar-refractivity contribution in [1.82, 2.24) is 14.9 Å². The van der Waals surface area contributed by atoms with Gasteiger partial charge >= 0.3 is 0 Å². The number of hydrogen-bond acceptors (Lipinski definition) is 3. The molecule has 1 fully saturated rings. The molecule has 5 heteroatoms. The van der Waals surface area contributed by atoms with Crippen molar-refractivity contribution in [2.45, 2.75) is 51.1 Å². The quantitative estimate of drug-likeness (QED) is 0.938. The highest BCUT2D eigenvalue weighted by molar-refractivity contribution is 5.33. The summed E-state index contributed by atoms with van der Waals surface area (Å²) in [5.41, 5.74) is 3.55. The molecule has 1 aromatic carbocycles. The van der Waals surface area contributed by atoms with Crippen LogP contribution in [0.1, 0.15) is 60.1 Å². The van der Waals surface area contributed by atoms with Gasteiger partial charge in [-0.25, -0.2) is 9.37 Å². The molecule has 1 atom stereocenters. The first-order chi connectivity index (χ1) is 11.7. The Morgan fingerprint density at radius 2 is 2.17 bits per heavy atom. The number of fused-ring (bicyclic) bond motifs is 1. The molecule has 0 radical (unpaired) electrons. The van der Waals surface area contributed by atoms with Gasteiger partial charge in [0.25, 0.3) is 0 Å². The third-order valence-electron chi connectivity index (χ3n) is 5.21. The van der Waals surface area contributed by atoms with Gasteiger partial charge in [0.2, 0.25) is 0 Å². The van der Waals surface area contributed by atoms with Crippen LogP contribution in [0.4, 0.5) is 4.39 Å². The summed E-state index contributed by atoms with van der Waals surface area (Å²) >= 11 is 0. The number of hydrogen-bond donors (Lipinski definition) is 1. The van der Waals surface area contributed by atoms with E-state index in [2.05, 4.69) is 9.88 Å². The SMILES string of the molecule is N#Cc1ccc(CN2CCC[C@@H]2c2nc3c([nH]2)CCCC3)c(F)c1. The molecule has 1 N–H and O–H groups in total. The number of nitrogens with zero attached hydrogens (tertiary/aromatic N) is 3. The number of H-pyrrole nitrogens is 1. The lowest BCUT2D eigenvalue weighted by Gasteiger charge is -2.23. The molecule has 0 amide bonds. The van der Waals surface area contributed by atoms with Gasteiger partial charge in [-0.3, -0.25) is 4.90 Å². The number of nitriles is 1. The molecule has 4 nitrogen and oxygen atoms in total. The number of aryl methyl sites for hydroxylation is 2. The van der Waals surface area contributed by atoms with Crippen LogP contribution in [0.3, 0.4) is 0 Å². The second-order valence-corrected chi connectivity index (χ2v) is 6.80. The predicted octanol–water partition coefficient (Wildman–Crippen LogP) is 3.64. The molecule has 4 rings (SSSR count). The molecule has 0 spiro atoms. The van der Waals surface area contributed by atoms with Gasteiger partial charge in [0.05, 0.1) is 23.4 Å². The summed E-state index contributed by atoms with van der Waals surface area (Å²) in [5, 5.41) is 8.87. The van der Waals surface area contributed by atoms with Crippen LogP contribution < -0.4 is 0 Å². The van der Waals surface area contributed by atoms with Crippen molar-refractivity contribution in [2.75, 3.05) is 6.54 Å². The number of aromatic nitrogens is 2. The number of likely N-dealkylation sites (tertiary alicyclic amines) is 1. The van der Waals surface area contributed by atoms with Crippen LogP contribution >= 0.6 is 0 Å². The van der Waals surface area contributed by atoms with Crippen molar-refractivity contribution in [1.29, 1.82) is 5.26 Å². The zero-order valence-electron chi connectivity index (χ0n) is 13.7. The van der Waals surface area contributed by atoms with Gasteiger partial charge in [0.15, 0.2) is 0 Å². The first-order valence-electron chi connectivity index (χ1n) is 8.75. The fourth-order valence-electron chi connectivity index (χ4n) is 3.92. The second kappa shape index (κ2) is 6.37. The summed E-state index contributed by atoms with van der Waals surface area (Å²) in [6.07, 6.45) is 6.79. The third-order valence-corrected chi connectivity index (χ3v) is 5.21. The summed E-state index contributed by atoms with van der Waals surface area (Å²) in [6.45, 7) is 1.52. The minimum absolute atomic E-state index is 0.241. The van der Waals surface area contributed by atoms with Gasteiger partial charge in [-0.05, 0) is 57.2 Å². The number of nitrogens with one attached hydrogen (secondary N) is 1. The van der Waals surface area contributed by atoms with Crippen LogP contribution in [0.25, 0.3) is 0 Å². The van der Waals surface area contributed by atoms with Crippen LogP contribution in [0.2, 0.25) is 0 Å². The van der Waals surface area contributed by atoms with E-state index in [0.29, 0.717) is 17.7 Å². The van der Waals surface area contributed by atoms with E-state index in [9.17, 15) is 4.39 Å². The van der Waals surface area contributed by atoms with Gasteiger partial charge in [-0.2, -0.15) is 5.26 Å². The zero-order valence-corrected chi connectivity index (χ0v) is 13.7. The Labute approximate surface area is 141 Å². The number of halogens is 1. The molecule has 1 aliphatic heterocycles. The van der Waals surface area contributed by atoms with E-state index in [0.717, 1.165) is 38.1 Å². The largest absolute Gasteiger partial charge is 0.344 e. The Hall–Kier alpha value is -2.19. The summed E-state index contributed by atoms with van der Waals surface area (Å²) in [6, 6.07) is 6.97. The highest BCUT2D eigenvalue weighted by Gasteiger charge is 2.30. The number of benzene rings is 1. The van der Waals surface area contributed by atoms with Crippen molar-refractivity contribution >= 4 is 0 Å². The average molecular weight is 324 g/mol. The maximum absolute atomic E-state index is 14.2. The Bertz CT molecular complexity index is 766. The van der Waals surface area contributed by atoms with Crippen molar-refractivity contribution in [3.05, 3.63) is 52.4 Å². The smallest absolute Gasteiger partial charge is 0.129 e. The van der Waals surface area contributed by atoms with Crippen molar-refractivity contribution in [3.8, 4) is 6.07 Å². The van der Waals surface area contributed by atoms with Gasteiger partial charge in [0.1, 0.15) is 11.6 Å². The second-order valence-electron chi connectivity index (χ2n) is 6.80. The molecular formula is C19H21FN4. The molecule has 0 bridgehead atoms. The standard InChI is InChI=1S/C19H21FN4/c20-15-10-13(11-21)7-8-14(15)12-24-9-3-6-18(24)19-22-16-4-1-2-5-17(16)23-19/h7-8,10,18H,1-6,9,12H2,(H,22,23)/t18-/m1/s1. The summed E-state index contributed by atoms with van der Waals surface area (Å²) in [5.74, 6) is 0.756. The summed E-state index contributed by atoms with van der Waals surface area (Å²) < 4.78 is 14.2.